The number of hydrogen-bond acceptors (Lipinski definition) is 4. The largest absolute Gasteiger partial charge is 0.458 e. The minimum atomic E-state index is -0.00368. The van der Waals surface area contributed by atoms with Gasteiger partial charge in [-0.1, -0.05) is 48.5 Å². The molecule has 2 aliphatic heterocycles. The fourth-order valence-corrected chi connectivity index (χ4v) is 4.90. The molecule has 0 atom stereocenters. The van der Waals surface area contributed by atoms with Gasteiger partial charge in [-0.05, 0) is 53.4 Å². The van der Waals surface area contributed by atoms with Crippen LogP contribution in [-0.2, 0) is 0 Å². The van der Waals surface area contributed by atoms with E-state index in [2.05, 4.69) is 40.3 Å². The molecule has 4 nitrogen and oxygen atoms in total. The van der Waals surface area contributed by atoms with Crippen molar-refractivity contribution in [1.29, 1.82) is 0 Å². The van der Waals surface area contributed by atoms with Crippen LogP contribution in [0.2, 0.25) is 0 Å². The molecule has 0 N–H and O–H groups in total. The summed E-state index contributed by atoms with van der Waals surface area (Å²) < 4.78 is 13.2. The van der Waals surface area contributed by atoms with Crippen LogP contribution in [0.1, 0.15) is 0 Å². The minimum Gasteiger partial charge on any atom is -0.458 e. The molecule has 5 aromatic rings. The lowest BCUT2D eigenvalue weighted by Crippen LogP contribution is -2.57. The Morgan fingerprint density at radius 2 is 1.03 bits per heavy atom. The van der Waals surface area contributed by atoms with E-state index in [-0.39, 0.29) is 6.71 Å². The third-order valence-electron chi connectivity index (χ3n) is 6.32. The Balaban J connectivity index is 1.61. The summed E-state index contributed by atoms with van der Waals surface area (Å²) in [6.07, 6.45) is 3.62. The van der Waals surface area contributed by atoms with Crippen molar-refractivity contribution in [3.8, 4) is 45.5 Å². The molecule has 0 aliphatic carbocycles. The molecule has 0 saturated heterocycles. The smallest absolute Gasteiger partial charge is 0.260 e. The topological polar surface area (TPSA) is 44.2 Å². The summed E-state index contributed by atoms with van der Waals surface area (Å²) in [6, 6.07) is 30.4. The lowest BCUT2D eigenvalue weighted by Gasteiger charge is -2.35. The van der Waals surface area contributed by atoms with Crippen LogP contribution in [0.15, 0.2) is 103 Å². The third-order valence-corrected chi connectivity index (χ3v) is 6.32. The molecule has 33 heavy (non-hydrogen) atoms. The summed E-state index contributed by atoms with van der Waals surface area (Å²) in [5.74, 6) is 3.31. The number of pyridine rings is 2. The first-order chi connectivity index (χ1) is 16.4. The number of nitrogens with zero attached hydrogens (tertiary/aromatic N) is 2. The van der Waals surface area contributed by atoms with Gasteiger partial charge in [-0.15, -0.1) is 0 Å². The Bertz CT molecular complexity index is 1410. The van der Waals surface area contributed by atoms with Crippen LogP contribution in [0, 0.1) is 0 Å². The lowest BCUT2D eigenvalue weighted by atomic mass is 9.34. The summed E-state index contributed by atoms with van der Waals surface area (Å²) in [4.78, 5) is 9.30. The molecule has 0 spiro atoms. The fraction of sp³-hybridized carbons (Fsp3) is 0. The van der Waals surface area contributed by atoms with E-state index in [1.165, 1.54) is 0 Å². The Hall–Kier alpha value is -4.38. The van der Waals surface area contributed by atoms with Crippen molar-refractivity contribution >= 4 is 23.1 Å². The second kappa shape index (κ2) is 7.07. The number of fused-ring (bicyclic) bond motifs is 4. The van der Waals surface area contributed by atoms with E-state index in [1.807, 2.05) is 73.1 Å². The van der Waals surface area contributed by atoms with Crippen molar-refractivity contribution < 1.29 is 9.47 Å². The second-order valence-electron chi connectivity index (χ2n) is 8.19. The van der Waals surface area contributed by atoms with Crippen molar-refractivity contribution in [2.24, 2.45) is 0 Å². The zero-order chi connectivity index (χ0) is 21.8. The van der Waals surface area contributed by atoms with Crippen LogP contribution in [0.4, 0.5) is 0 Å². The van der Waals surface area contributed by atoms with Crippen LogP contribution in [0.3, 0.4) is 0 Å². The molecule has 0 bridgehead atoms. The first-order valence-corrected chi connectivity index (χ1v) is 11.0. The van der Waals surface area contributed by atoms with E-state index in [9.17, 15) is 0 Å². The van der Waals surface area contributed by atoms with Gasteiger partial charge in [-0.2, -0.15) is 0 Å². The molecule has 4 heterocycles. The molecule has 3 aromatic carbocycles. The average molecular weight is 424 g/mol. The molecule has 5 heteroatoms. The monoisotopic (exact) mass is 424 g/mol. The van der Waals surface area contributed by atoms with Gasteiger partial charge in [0.1, 0.15) is 23.0 Å². The van der Waals surface area contributed by atoms with Gasteiger partial charge in [0.15, 0.2) is 0 Å². The maximum atomic E-state index is 6.58. The highest BCUT2D eigenvalue weighted by Crippen LogP contribution is 2.44. The highest BCUT2D eigenvalue weighted by molar-refractivity contribution is 6.98. The number of para-hydroxylation sites is 2. The summed E-state index contributed by atoms with van der Waals surface area (Å²) in [6.45, 7) is -0.00368. The van der Waals surface area contributed by atoms with Gasteiger partial charge in [0.25, 0.3) is 6.71 Å². The van der Waals surface area contributed by atoms with E-state index in [0.29, 0.717) is 0 Å². The Kier molecular flexibility index (Phi) is 3.90. The predicted octanol–water partition coefficient (Wildman–Crippen LogP) is 4.54. The number of aromatic nitrogens is 2. The molecule has 0 radical (unpaired) electrons. The summed E-state index contributed by atoms with van der Waals surface area (Å²) in [5.41, 5.74) is 6.85. The van der Waals surface area contributed by atoms with Crippen LogP contribution in [0.5, 0.6) is 23.0 Å². The van der Waals surface area contributed by atoms with Crippen LogP contribution in [0.25, 0.3) is 22.5 Å². The normalized spacial score (nSPS) is 12.7. The first kappa shape index (κ1) is 18.2. The average Bonchev–Trinajstić information content (AvgIpc) is 2.89. The highest BCUT2D eigenvalue weighted by Gasteiger charge is 2.42. The quantitative estimate of drug-likeness (QED) is 0.383. The summed E-state index contributed by atoms with van der Waals surface area (Å²) >= 11 is 0. The molecule has 2 aliphatic rings. The maximum Gasteiger partial charge on any atom is 0.260 e. The summed E-state index contributed by atoms with van der Waals surface area (Å²) in [7, 11) is 0. The van der Waals surface area contributed by atoms with E-state index in [4.69, 9.17) is 9.47 Å². The van der Waals surface area contributed by atoms with Gasteiger partial charge in [-0.25, -0.2) is 0 Å². The van der Waals surface area contributed by atoms with Gasteiger partial charge >= 0.3 is 0 Å². The van der Waals surface area contributed by atoms with Gasteiger partial charge in [-0.3, -0.25) is 9.97 Å². The van der Waals surface area contributed by atoms with Crippen molar-refractivity contribution in [1.82, 2.24) is 9.97 Å². The van der Waals surface area contributed by atoms with E-state index in [0.717, 1.165) is 61.9 Å². The Morgan fingerprint density at radius 3 is 1.52 bits per heavy atom. The molecular formula is C28H17BN2O2. The second-order valence-corrected chi connectivity index (χ2v) is 8.19. The Morgan fingerprint density at radius 1 is 0.545 bits per heavy atom. The molecule has 7 rings (SSSR count). The van der Waals surface area contributed by atoms with Crippen molar-refractivity contribution in [3.63, 3.8) is 0 Å². The van der Waals surface area contributed by atoms with Crippen LogP contribution < -0.4 is 25.9 Å². The molecule has 0 fully saturated rings. The zero-order valence-corrected chi connectivity index (χ0v) is 17.6. The fourth-order valence-electron chi connectivity index (χ4n) is 4.90. The number of rotatable bonds is 2. The summed E-state index contributed by atoms with van der Waals surface area (Å²) in [5, 5.41) is 0. The molecule has 0 amide bonds. The maximum absolute atomic E-state index is 6.58. The van der Waals surface area contributed by atoms with Crippen LogP contribution in [-0.4, -0.2) is 16.7 Å². The third kappa shape index (κ3) is 2.72. The van der Waals surface area contributed by atoms with Gasteiger partial charge in [0.05, 0.1) is 11.4 Å². The number of ether oxygens (including phenoxy) is 2. The minimum absolute atomic E-state index is 0.00368. The molecule has 0 unspecified atom stereocenters. The van der Waals surface area contributed by atoms with E-state index < -0.39 is 0 Å². The van der Waals surface area contributed by atoms with Crippen molar-refractivity contribution in [2.75, 3.05) is 0 Å². The molecule has 2 aromatic heterocycles. The zero-order valence-electron chi connectivity index (χ0n) is 17.6. The highest BCUT2D eigenvalue weighted by atomic mass is 16.5. The first-order valence-electron chi connectivity index (χ1n) is 11.0. The Labute approximate surface area is 191 Å². The molecular weight excluding hydrogens is 407 g/mol. The standard InChI is InChI=1S/C28H17BN2O2/c1-3-13-24-20(9-1)29-21-10-2-4-14-25(21)33-28-19(23-12-6-8-16-31-23)17-18(27(32-24)26(28)29)22-11-5-7-15-30-22/h1-17H. The van der Waals surface area contributed by atoms with Gasteiger partial charge in [0, 0.05) is 29.0 Å². The SMILES string of the molecule is c1ccc(-c2cc(-c3ccccn3)c3c4c2Oc2ccccc2B4c2ccccc2O3)nc1. The number of hydrogen-bond donors (Lipinski definition) is 0. The molecule has 154 valence electrons. The van der Waals surface area contributed by atoms with Crippen LogP contribution >= 0.6 is 0 Å². The lowest BCUT2D eigenvalue weighted by molar-refractivity contribution is 0.466. The molecule has 0 saturated carbocycles. The van der Waals surface area contributed by atoms with E-state index in [1.54, 1.807) is 0 Å². The number of benzene rings is 3. The van der Waals surface area contributed by atoms with Gasteiger partial charge < -0.3 is 9.47 Å². The predicted molar refractivity (Wildman–Crippen MR) is 131 cm³/mol. The van der Waals surface area contributed by atoms with Crippen molar-refractivity contribution in [3.05, 3.63) is 103 Å². The van der Waals surface area contributed by atoms with Crippen molar-refractivity contribution in [2.45, 2.75) is 0 Å². The van der Waals surface area contributed by atoms with Gasteiger partial charge in [0.2, 0.25) is 0 Å². The van der Waals surface area contributed by atoms with E-state index >= 15 is 0 Å².